The van der Waals surface area contributed by atoms with Crippen molar-refractivity contribution in [3.05, 3.63) is 30.5 Å². The maximum Gasteiger partial charge on any atom is 0.343 e. The van der Waals surface area contributed by atoms with E-state index in [0.717, 1.165) is 13.0 Å². The molecule has 2 rings (SSSR count). The van der Waals surface area contributed by atoms with Crippen molar-refractivity contribution >= 4 is 11.8 Å². The number of hydrogen-bond donors (Lipinski definition) is 1. The van der Waals surface area contributed by atoms with Crippen molar-refractivity contribution in [3.8, 4) is 0 Å². The Morgan fingerprint density at radius 1 is 1.53 bits per heavy atom. The van der Waals surface area contributed by atoms with E-state index in [-0.39, 0.29) is 0 Å². The number of methoxy groups -OCH3 is 1. The highest BCUT2D eigenvalue weighted by molar-refractivity contribution is 5.94. The van der Waals surface area contributed by atoms with Crippen molar-refractivity contribution in [1.82, 2.24) is 25.0 Å². The van der Waals surface area contributed by atoms with Crippen molar-refractivity contribution in [2.45, 2.75) is 13.0 Å². The van der Waals surface area contributed by atoms with Crippen LogP contribution < -0.4 is 5.32 Å². The Kier molecular flexibility index (Phi) is 4.38. The lowest BCUT2D eigenvalue weighted by atomic mass is 10.3. The van der Waals surface area contributed by atoms with Gasteiger partial charge in [0.25, 0.3) is 0 Å². The second-order valence-electron chi connectivity index (χ2n) is 3.72. The lowest BCUT2D eigenvalue weighted by Crippen LogP contribution is -2.13. The molecule has 0 saturated carbocycles. The Balaban J connectivity index is 1.87. The van der Waals surface area contributed by atoms with Gasteiger partial charge in [0.15, 0.2) is 0 Å². The number of nitrogens with one attached hydrogen (secondary N) is 1. The van der Waals surface area contributed by atoms with E-state index in [2.05, 4.69) is 30.3 Å². The molecule has 0 saturated heterocycles. The molecule has 2 aromatic heterocycles. The van der Waals surface area contributed by atoms with Gasteiger partial charge in [0.1, 0.15) is 17.7 Å². The first-order valence-electron chi connectivity index (χ1n) is 5.77. The summed E-state index contributed by atoms with van der Waals surface area (Å²) >= 11 is 0. The Morgan fingerprint density at radius 3 is 3.16 bits per heavy atom. The number of carbonyl (C=O) groups excluding carboxylic acids is 1. The molecule has 100 valence electrons. The Morgan fingerprint density at radius 2 is 2.42 bits per heavy atom. The van der Waals surface area contributed by atoms with Gasteiger partial charge < -0.3 is 10.1 Å². The Labute approximate surface area is 109 Å². The maximum absolute atomic E-state index is 11.5. The SMILES string of the molecule is COC(=O)c1cncnc1NCCCn1ccnn1. The molecule has 0 spiro atoms. The molecule has 0 unspecified atom stereocenters. The Hall–Kier alpha value is -2.51. The van der Waals surface area contributed by atoms with Crippen LogP contribution >= 0.6 is 0 Å². The minimum absolute atomic E-state index is 0.325. The van der Waals surface area contributed by atoms with E-state index >= 15 is 0 Å². The van der Waals surface area contributed by atoms with Crippen LogP contribution in [0.3, 0.4) is 0 Å². The monoisotopic (exact) mass is 262 g/mol. The molecule has 0 aliphatic heterocycles. The first-order valence-corrected chi connectivity index (χ1v) is 5.77. The van der Waals surface area contributed by atoms with Gasteiger partial charge in [0, 0.05) is 25.5 Å². The number of aromatic nitrogens is 5. The van der Waals surface area contributed by atoms with E-state index in [9.17, 15) is 4.79 Å². The molecule has 8 heteroatoms. The van der Waals surface area contributed by atoms with Crippen LogP contribution in [0.2, 0.25) is 0 Å². The van der Waals surface area contributed by atoms with Crippen molar-refractivity contribution in [2.75, 3.05) is 19.0 Å². The number of esters is 1. The van der Waals surface area contributed by atoms with Crippen LogP contribution in [-0.2, 0) is 11.3 Å². The van der Waals surface area contributed by atoms with E-state index in [0.29, 0.717) is 17.9 Å². The number of nitrogens with zero attached hydrogens (tertiary/aromatic N) is 5. The quantitative estimate of drug-likeness (QED) is 0.593. The Bertz CT molecular complexity index is 528. The summed E-state index contributed by atoms with van der Waals surface area (Å²) in [6.07, 6.45) is 7.07. The third kappa shape index (κ3) is 3.47. The van der Waals surface area contributed by atoms with Gasteiger partial charge in [-0.1, -0.05) is 5.21 Å². The molecular formula is C11H14N6O2. The average Bonchev–Trinajstić information content (AvgIpc) is 2.96. The third-order valence-electron chi connectivity index (χ3n) is 2.45. The average molecular weight is 262 g/mol. The van der Waals surface area contributed by atoms with E-state index in [4.69, 9.17) is 0 Å². The highest BCUT2D eigenvalue weighted by Crippen LogP contribution is 2.10. The zero-order valence-corrected chi connectivity index (χ0v) is 10.5. The molecule has 2 heterocycles. The molecule has 0 amide bonds. The van der Waals surface area contributed by atoms with Crippen LogP contribution in [-0.4, -0.2) is 44.6 Å². The number of rotatable bonds is 6. The number of aryl methyl sites for hydroxylation is 1. The van der Waals surface area contributed by atoms with E-state index in [1.165, 1.54) is 19.6 Å². The molecule has 19 heavy (non-hydrogen) atoms. The van der Waals surface area contributed by atoms with Crippen LogP contribution in [0.25, 0.3) is 0 Å². The molecule has 1 N–H and O–H groups in total. The fraction of sp³-hybridized carbons (Fsp3) is 0.364. The fourth-order valence-corrected chi connectivity index (χ4v) is 1.53. The predicted octanol–water partition coefficient (Wildman–Crippen LogP) is 0.357. The van der Waals surface area contributed by atoms with E-state index in [1.54, 1.807) is 17.1 Å². The zero-order chi connectivity index (χ0) is 13.5. The molecule has 0 aliphatic rings. The molecule has 0 atom stereocenters. The van der Waals surface area contributed by atoms with Crippen LogP contribution in [0.5, 0.6) is 0 Å². The van der Waals surface area contributed by atoms with Gasteiger partial charge in [-0.15, -0.1) is 5.10 Å². The second-order valence-corrected chi connectivity index (χ2v) is 3.72. The summed E-state index contributed by atoms with van der Waals surface area (Å²) in [4.78, 5) is 19.3. The fourth-order valence-electron chi connectivity index (χ4n) is 1.53. The van der Waals surface area contributed by atoms with Crippen LogP contribution in [0.4, 0.5) is 5.82 Å². The molecule has 2 aromatic rings. The third-order valence-corrected chi connectivity index (χ3v) is 2.45. The zero-order valence-electron chi connectivity index (χ0n) is 10.5. The first kappa shape index (κ1) is 12.9. The molecule has 0 aromatic carbocycles. The summed E-state index contributed by atoms with van der Waals surface area (Å²) in [5.74, 6) is 0.0137. The van der Waals surface area contributed by atoms with Gasteiger partial charge in [-0.25, -0.2) is 14.8 Å². The van der Waals surface area contributed by atoms with Gasteiger partial charge >= 0.3 is 5.97 Å². The van der Waals surface area contributed by atoms with E-state index in [1.807, 2.05) is 0 Å². The number of carbonyl (C=O) groups is 1. The normalized spacial score (nSPS) is 10.2. The minimum atomic E-state index is -0.459. The minimum Gasteiger partial charge on any atom is -0.465 e. The summed E-state index contributed by atoms with van der Waals surface area (Å²) < 4.78 is 6.40. The lowest BCUT2D eigenvalue weighted by molar-refractivity contribution is 0.0601. The van der Waals surface area contributed by atoms with Crippen LogP contribution in [0.15, 0.2) is 24.9 Å². The summed E-state index contributed by atoms with van der Waals surface area (Å²) in [5.41, 5.74) is 0.325. The summed E-state index contributed by atoms with van der Waals surface area (Å²) in [5, 5.41) is 10.7. The largest absolute Gasteiger partial charge is 0.465 e. The molecule has 8 nitrogen and oxygen atoms in total. The van der Waals surface area contributed by atoms with Crippen molar-refractivity contribution < 1.29 is 9.53 Å². The highest BCUT2D eigenvalue weighted by atomic mass is 16.5. The first-order chi connectivity index (χ1) is 9.31. The lowest BCUT2D eigenvalue weighted by Gasteiger charge is -2.08. The molecular weight excluding hydrogens is 248 g/mol. The van der Waals surface area contributed by atoms with Gasteiger partial charge in [-0.3, -0.25) is 4.68 Å². The van der Waals surface area contributed by atoms with Gasteiger partial charge in [0.05, 0.1) is 13.3 Å². The summed E-state index contributed by atoms with van der Waals surface area (Å²) in [7, 11) is 1.32. The van der Waals surface area contributed by atoms with Gasteiger partial charge in [-0.05, 0) is 6.42 Å². The molecule has 0 bridgehead atoms. The van der Waals surface area contributed by atoms with Gasteiger partial charge in [-0.2, -0.15) is 0 Å². The van der Waals surface area contributed by atoms with Gasteiger partial charge in [0.2, 0.25) is 0 Å². The summed E-state index contributed by atoms with van der Waals surface area (Å²) in [6.45, 7) is 1.40. The predicted molar refractivity (Wildman–Crippen MR) is 66.5 cm³/mol. The maximum atomic E-state index is 11.5. The smallest absolute Gasteiger partial charge is 0.343 e. The van der Waals surface area contributed by atoms with Crippen LogP contribution in [0.1, 0.15) is 16.8 Å². The molecule has 0 radical (unpaired) electrons. The topological polar surface area (TPSA) is 94.8 Å². The van der Waals surface area contributed by atoms with Crippen molar-refractivity contribution in [1.29, 1.82) is 0 Å². The number of ether oxygens (including phenoxy) is 1. The molecule has 0 fully saturated rings. The van der Waals surface area contributed by atoms with E-state index < -0.39 is 5.97 Å². The summed E-state index contributed by atoms with van der Waals surface area (Å²) in [6, 6.07) is 0. The number of anilines is 1. The highest BCUT2D eigenvalue weighted by Gasteiger charge is 2.12. The van der Waals surface area contributed by atoms with Crippen LogP contribution in [0, 0.1) is 0 Å². The number of hydrogen-bond acceptors (Lipinski definition) is 7. The van der Waals surface area contributed by atoms with Crippen molar-refractivity contribution in [3.63, 3.8) is 0 Å². The second kappa shape index (κ2) is 6.43. The van der Waals surface area contributed by atoms with Crippen molar-refractivity contribution in [2.24, 2.45) is 0 Å². The molecule has 0 aliphatic carbocycles. The standard InChI is InChI=1S/C11H14N6O2/c1-19-11(18)9-7-12-8-14-10(9)13-3-2-5-17-6-4-15-16-17/h4,6-8H,2-3,5H2,1H3,(H,12,13,14).